The van der Waals surface area contributed by atoms with E-state index >= 15 is 4.39 Å². The smallest absolute Gasteiger partial charge is 0.253 e. The summed E-state index contributed by atoms with van der Waals surface area (Å²) in [5, 5.41) is 24.0. The van der Waals surface area contributed by atoms with Gasteiger partial charge in [-0.3, -0.25) is 9.59 Å². The zero-order chi connectivity index (χ0) is 31.7. The van der Waals surface area contributed by atoms with Crippen molar-refractivity contribution >= 4 is 17.5 Å². The highest BCUT2D eigenvalue weighted by Gasteiger charge is 2.59. The van der Waals surface area contributed by atoms with Gasteiger partial charge >= 0.3 is 0 Å². The minimum atomic E-state index is -1.00. The van der Waals surface area contributed by atoms with Crippen LogP contribution in [0.5, 0.6) is 5.75 Å². The molecule has 0 heterocycles. The first-order chi connectivity index (χ1) is 21.6. The lowest BCUT2D eigenvalue weighted by Crippen LogP contribution is -2.51. The molecule has 0 aliphatic heterocycles. The average molecular weight is 619 g/mol. The van der Waals surface area contributed by atoms with Gasteiger partial charge in [0.05, 0.1) is 6.10 Å². The predicted molar refractivity (Wildman–Crippen MR) is 175 cm³/mol. The molecular weight excluding hydrogens is 567 g/mol. The number of phenols is 1. The number of rotatable bonds is 9. The van der Waals surface area contributed by atoms with E-state index in [0.29, 0.717) is 36.1 Å². The number of fused-ring (bicyclic) bond motifs is 5. The molecule has 7 heteroatoms. The van der Waals surface area contributed by atoms with E-state index in [0.717, 1.165) is 56.2 Å². The molecular formula is C38H51FN2O4. The molecule has 4 aliphatic rings. The summed E-state index contributed by atoms with van der Waals surface area (Å²) >= 11 is 0. The number of aliphatic hydroxyl groups is 1. The lowest BCUT2D eigenvalue weighted by Gasteiger charge is -2.54. The van der Waals surface area contributed by atoms with Crippen LogP contribution in [0.15, 0.2) is 42.5 Å². The van der Waals surface area contributed by atoms with Crippen LogP contribution < -0.4 is 5.32 Å². The van der Waals surface area contributed by atoms with Gasteiger partial charge in [0.25, 0.3) is 5.91 Å². The van der Waals surface area contributed by atoms with Crippen molar-refractivity contribution in [2.75, 3.05) is 18.4 Å². The van der Waals surface area contributed by atoms with E-state index in [-0.39, 0.29) is 40.7 Å². The standard InChI is InChI=1S/C38H51FN2O4/c1-24(42)40-29-13-11-26(12-14-29)37(45)41(23-25-8-4-3-5-9-25)19-7-6-10-27-20-28-21-30(43)15-16-31(28)36-33(39)22-38(2)32(35(27)36)17-18-34(38)44/h11-16,21,25,27,32-36,43-44H,3-10,17-20,22-23H2,1-2H3,(H,40,42)/t27-,32+,33+,34+,35+,36+,38+/m1/s1. The zero-order valence-corrected chi connectivity index (χ0v) is 27.0. The molecule has 3 N–H and O–H groups in total. The van der Waals surface area contributed by atoms with E-state index in [2.05, 4.69) is 12.2 Å². The minimum absolute atomic E-state index is 0.0420. The van der Waals surface area contributed by atoms with Gasteiger partial charge in [-0.05, 0) is 128 Å². The second-order valence-electron chi connectivity index (χ2n) is 14.9. The minimum Gasteiger partial charge on any atom is -0.508 e. The molecule has 244 valence electrons. The number of anilines is 1. The first-order valence-corrected chi connectivity index (χ1v) is 17.4. The van der Waals surface area contributed by atoms with Crippen molar-refractivity contribution in [3.05, 3.63) is 59.2 Å². The van der Waals surface area contributed by atoms with Gasteiger partial charge in [0.1, 0.15) is 11.9 Å². The molecule has 0 saturated heterocycles. The van der Waals surface area contributed by atoms with Crippen molar-refractivity contribution in [1.82, 2.24) is 4.90 Å². The van der Waals surface area contributed by atoms with Gasteiger partial charge in [0.2, 0.25) is 5.91 Å². The SMILES string of the molecule is CC(=O)Nc1ccc(C(=O)N(CCCC[C@@H]2Cc3cc(O)ccc3[C@@H]3[C@@H]2[C@@H]2CC[C@H](O)[C@@]2(C)C[C@@H]3F)CC2CCCCC2)cc1. The fraction of sp³-hybridized carbons (Fsp3) is 0.632. The molecule has 45 heavy (non-hydrogen) atoms. The number of halogens is 1. The van der Waals surface area contributed by atoms with Crippen LogP contribution in [0.4, 0.5) is 10.1 Å². The third-order valence-corrected chi connectivity index (χ3v) is 12.0. The largest absolute Gasteiger partial charge is 0.508 e. The van der Waals surface area contributed by atoms with Gasteiger partial charge in [-0.1, -0.05) is 38.7 Å². The van der Waals surface area contributed by atoms with Gasteiger partial charge in [0, 0.05) is 37.2 Å². The van der Waals surface area contributed by atoms with Gasteiger partial charge in [-0.25, -0.2) is 4.39 Å². The molecule has 0 aromatic heterocycles. The Morgan fingerprint density at radius 2 is 1.78 bits per heavy atom. The molecule has 4 aliphatic carbocycles. The number of aromatic hydroxyl groups is 1. The summed E-state index contributed by atoms with van der Waals surface area (Å²) in [6.07, 6.45) is 10.3. The number of alkyl halides is 1. The quantitative estimate of drug-likeness (QED) is 0.252. The van der Waals surface area contributed by atoms with Crippen LogP contribution in [0, 0.1) is 29.1 Å². The topological polar surface area (TPSA) is 89.9 Å². The van der Waals surface area contributed by atoms with Crippen LogP contribution in [-0.4, -0.2) is 52.3 Å². The first kappa shape index (κ1) is 32.0. The molecule has 0 radical (unpaired) electrons. The molecule has 0 spiro atoms. The highest BCUT2D eigenvalue weighted by atomic mass is 19.1. The second-order valence-corrected chi connectivity index (χ2v) is 14.9. The van der Waals surface area contributed by atoms with Crippen LogP contribution in [0.2, 0.25) is 0 Å². The monoisotopic (exact) mass is 618 g/mol. The van der Waals surface area contributed by atoms with E-state index in [4.69, 9.17) is 0 Å². The van der Waals surface area contributed by atoms with Gasteiger partial charge in [0.15, 0.2) is 0 Å². The molecule has 6 nitrogen and oxygen atoms in total. The van der Waals surface area contributed by atoms with E-state index in [1.807, 2.05) is 17.0 Å². The maximum absolute atomic E-state index is 16.1. The van der Waals surface area contributed by atoms with Crippen molar-refractivity contribution in [3.8, 4) is 5.75 Å². The van der Waals surface area contributed by atoms with E-state index in [1.54, 1.807) is 30.3 Å². The van der Waals surface area contributed by atoms with Crippen LogP contribution >= 0.6 is 0 Å². The summed E-state index contributed by atoms with van der Waals surface area (Å²) in [6, 6.07) is 12.7. The van der Waals surface area contributed by atoms with Crippen molar-refractivity contribution in [1.29, 1.82) is 0 Å². The summed E-state index contributed by atoms with van der Waals surface area (Å²) in [5.41, 5.74) is 3.07. The summed E-state index contributed by atoms with van der Waals surface area (Å²) in [6.45, 7) is 5.04. The fourth-order valence-corrected chi connectivity index (χ4v) is 9.78. The van der Waals surface area contributed by atoms with Crippen LogP contribution in [0.25, 0.3) is 0 Å². The number of phenolic OH excluding ortho intramolecular Hbond substituents is 1. The maximum atomic E-state index is 16.1. The second kappa shape index (κ2) is 13.4. The van der Waals surface area contributed by atoms with Crippen LogP contribution in [0.1, 0.15) is 112 Å². The van der Waals surface area contributed by atoms with Crippen LogP contribution in [-0.2, 0) is 11.2 Å². The number of carbonyl (C=O) groups is 2. The van der Waals surface area contributed by atoms with Crippen molar-refractivity contribution in [3.63, 3.8) is 0 Å². The Morgan fingerprint density at radius 3 is 2.51 bits per heavy atom. The number of aliphatic hydroxyl groups excluding tert-OH is 1. The molecule has 3 saturated carbocycles. The molecule has 0 unspecified atom stereocenters. The molecule has 3 fully saturated rings. The van der Waals surface area contributed by atoms with Gasteiger partial charge in [-0.15, -0.1) is 0 Å². The maximum Gasteiger partial charge on any atom is 0.253 e. The zero-order valence-electron chi connectivity index (χ0n) is 27.0. The number of nitrogens with one attached hydrogen (secondary N) is 1. The number of benzene rings is 2. The lowest BCUT2D eigenvalue weighted by atomic mass is 9.51. The Hall–Kier alpha value is -2.93. The Bertz CT molecular complexity index is 1360. The third-order valence-electron chi connectivity index (χ3n) is 12.0. The first-order valence-electron chi connectivity index (χ1n) is 17.4. The van der Waals surface area contributed by atoms with E-state index in [9.17, 15) is 19.8 Å². The molecule has 2 aromatic carbocycles. The van der Waals surface area contributed by atoms with Crippen LogP contribution in [0.3, 0.4) is 0 Å². The highest BCUT2D eigenvalue weighted by Crippen LogP contribution is 2.63. The predicted octanol–water partition coefficient (Wildman–Crippen LogP) is 7.63. The molecule has 0 bridgehead atoms. The van der Waals surface area contributed by atoms with Gasteiger partial charge < -0.3 is 20.4 Å². The van der Waals surface area contributed by atoms with E-state index in [1.165, 1.54) is 39.0 Å². The fourth-order valence-electron chi connectivity index (χ4n) is 9.78. The Morgan fingerprint density at radius 1 is 1.02 bits per heavy atom. The van der Waals surface area contributed by atoms with Crippen molar-refractivity contribution < 1.29 is 24.2 Å². The number of nitrogens with zero attached hydrogens (tertiary/aromatic N) is 1. The number of amides is 2. The summed E-state index contributed by atoms with van der Waals surface area (Å²) in [5.74, 6) is 1.23. The average Bonchev–Trinajstić information content (AvgIpc) is 3.31. The molecule has 7 atom stereocenters. The molecule has 6 rings (SSSR count). The van der Waals surface area contributed by atoms with E-state index < -0.39 is 12.3 Å². The Labute approximate surface area is 267 Å². The normalized spacial score (nSPS) is 31.0. The summed E-state index contributed by atoms with van der Waals surface area (Å²) in [4.78, 5) is 27.3. The molecule has 2 aromatic rings. The number of unbranched alkanes of at least 4 members (excludes halogenated alkanes) is 1. The number of hydrogen-bond acceptors (Lipinski definition) is 4. The third kappa shape index (κ3) is 6.65. The summed E-state index contributed by atoms with van der Waals surface area (Å²) < 4.78 is 16.1. The number of hydrogen-bond donors (Lipinski definition) is 3. The number of carbonyl (C=O) groups excluding carboxylic acids is 2. The highest BCUT2D eigenvalue weighted by molar-refractivity contribution is 5.95. The van der Waals surface area contributed by atoms with Gasteiger partial charge in [-0.2, -0.15) is 0 Å². The van der Waals surface area contributed by atoms with Crippen molar-refractivity contribution in [2.45, 2.75) is 109 Å². The Kier molecular flexibility index (Phi) is 9.56. The lowest BCUT2D eigenvalue weighted by molar-refractivity contribution is -0.114. The summed E-state index contributed by atoms with van der Waals surface area (Å²) in [7, 11) is 0. The van der Waals surface area contributed by atoms with Crippen molar-refractivity contribution in [2.24, 2.45) is 29.1 Å². The Balaban J connectivity index is 1.16. The molecule has 2 amide bonds.